The maximum atomic E-state index is 12.8. The van der Waals surface area contributed by atoms with Gasteiger partial charge in [0.1, 0.15) is 0 Å². The number of fused-ring (bicyclic) bond motifs is 1. The number of benzene rings is 1. The summed E-state index contributed by atoms with van der Waals surface area (Å²) in [5, 5.41) is 2.88. The summed E-state index contributed by atoms with van der Waals surface area (Å²) < 4.78 is 10.6. The van der Waals surface area contributed by atoms with Crippen LogP contribution in [0.1, 0.15) is 44.5 Å². The zero-order valence-corrected chi connectivity index (χ0v) is 16.1. The van der Waals surface area contributed by atoms with Crippen molar-refractivity contribution in [2.75, 3.05) is 13.8 Å². The Morgan fingerprint density at radius 3 is 2.50 bits per heavy atom. The fourth-order valence-electron chi connectivity index (χ4n) is 2.84. The van der Waals surface area contributed by atoms with E-state index in [2.05, 4.69) is 5.32 Å². The lowest BCUT2D eigenvalue weighted by Crippen LogP contribution is -2.54. The van der Waals surface area contributed by atoms with Crippen LogP contribution in [0.5, 0.6) is 11.5 Å². The van der Waals surface area contributed by atoms with Gasteiger partial charge >= 0.3 is 0 Å². The van der Waals surface area contributed by atoms with E-state index in [1.165, 1.54) is 0 Å². The van der Waals surface area contributed by atoms with Gasteiger partial charge in [-0.2, -0.15) is 0 Å². The van der Waals surface area contributed by atoms with Gasteiger partial charge in [-0.1, -0.05) is 13.8 Å². The Hall–Kier alpha value is -2.12. The first kappa shape index (κ1) is 20.2. The highest BCUT2D eigenvalue weighted by Gasteiger charge is 2.27. The van der Waals surface area contributed by atoms with Gasteiger partial charge in [0.05, 0.1) is 18.2 Å². The summed E-state index contributed by atoms with van der Waals surface area (Å²) >= 11 is 0. The van der Waals surface area contributed by atoms with E-state index >= 15 is 0 Å². The maximum Gasteiger partial charge on any atom is 0.238 e. The van der Waals surface area contributed by atoms with Crippen LogP contribution in [0.4, 0.5) is 0 Å². The van der Waals surface area contributed by atoms with Crippen LogP contribution in [0.15, 0.2) is 18.2 Å². The molecule has 0 aliphatic carbocycles. The predicted molar refractivity (Wildman–Crippen MR) is 99.2 cm³/mol. The molecule has 3 N–H and O–H groups in total. The molecule has 0 aromatic heterocycles. The van der Waals surface area contributed by atoms with Crippen LogP contribution in [0.25, 0.3) is 0 Å². The van der Waals surface area contributed by atoms with Gasteiger partial charge in [-0.05, 0) is 51.4 Å². The van der Waals surface area contributed by atoms with Crippen molar-refractivity contribution in [3.63, 3.8) is 0 Å². The zero-order chi connectivity index (χ0) is 19.4. The molecule has 7 heteroatoms. The molecule has 1 aliphatic rings. The summed E-state index contributed by atoms with van der Waals surface area (Å²) in [6, 6.07) is 4.18. The molecular weight excluding hydrogens is 334 g/mol. The molecule has 0 saturated heterocycles. The lowest BCUT2D eigenvalue weighted by atomic mass is 10.0. The van der Waals surface area contributed by atoms with Crippen LogP contribution in [-0.2, 0) is 4.79 Å². The van der Waals surface area contributed by atoms with Crippen molar-refractivity contribution in [1.29, 1.82) is 0 Å². The summed E-state index contributed by atoms with van der Waals surface area (Å²) in [5.74, 6) is 1.29. The number of rotatable bonds is 8. The highest BCUT2D eigenvalue weighted by atomic mass is 16.7. The summed E-state index contributed by atoms with van der Waals surface area (Å²) in [6.07, 6.45) is 0.294. The number of Topliss-reactive ketones (excluding diaryl/α,β-unsaturated/α-hetero) is 1. The van der Waals surface area contributed by atoms with Gasteiger partial charge in [-0.25, -0.2) is 0 Å². The van der Waals surface area contributed by atoms with Crippen LogP contribution < -0.4 is 20.5 Å². The number of ketones is 1. The summed E-state index contributed by atoms with van der Waals surface area (Å²) in [4.78, 5) is 26.8. The maximum absolute atomic E-state index is 12.8. The van der Waals surface area contributed by atoms with Crippen LogP contribution in [0.3, 0.4) is 0 Å². The average molecular weight is 363 g/mol. The first-order chi connectivity index (χ1) is 12.2. The number of likely N-dealkylation sites (N-methyl/N-ethyl adjacent to an activating group) is 1. The quantitative estimate of drug-likeness (QED) is 0.540. The Bertz CT molecular complexity index is 662. The van der Waals surface area contributed by atoms with E-state index in [0.717, 1.165) is 0 Å². The van der Waals surface area contributed by atoms with Crippen molar-refractivity contribution in [1.82, 2.24) is 10.2 Å². The Kier molecular flexibility index (Phi) is 6.61. The number of amides is 1. The number of nitrogens with two attached hydrogens (primary N) is 1. The third kappa shape index (κ3) is 4.74. The van der Waals surface area contributed by atoms with Crippen molar-refractivity contribution in [2.24, 2.45) is 11.7 Å². The van der Waals surface area contributed by atoms with E-state index in [0.29, 0.717) is 29.4 Å². The molecule has 0 fully saturated rings. The number of nitrogens with zero attached hydrogens (tertiary/aromatic N) is 1. The molecule has 1 aromatic carbocycles. The van der Waals surface area contributed by atoms with Crippen LogP contribution in [-0.4, -0.2) is 48.7 Å². The minimum atomic E-state index is -0.550. The summed E-state index contributed by atoms with van der Waals surface area (Å²) in [6.45, 7) is 7.86. The molecule has 1 amide bonds. The molecule has 0 spiro atoms. The molecule has 1 aliphatic heterocycles. The second-order valence-corrected chi connectivity index (χ2v) is 7.19. The normalized spacial score (nSPS) is 16.5. The molecule has 1 heterocycles. The highest BCUT2D eigenvalue weighted by Crippen LogP contribution is 2.33. The van der Waals surface area contributed by atoms with Crippen molar-refractivity contribution >= 4 is 11.7 Å². The first-order valence-corrected chi connectivity index (χ1v) is 8.92. The van der Waals surface area contributed by atoms with Gasteiger partial charge in [0.2, 0.25) is 12.7 Å². The smallest absolute Gasteiger partial charge is 0.238 e. The molecule has 0 saturated carbocycles. The van der Waals surface area contributed by atoms with Crippen molar-refractivity contribution < 1.29 is 19.1 Å². The minimum Gasteiger partial charge on any atom is -0.454 e. The molecule has 3 atom stereocenters. The second kappa shape index (κ2) is 8.51. The Labute approximate surface area is 154 Å². The topological polar surface area (TPSA) is 93.9 Å². The van der Waals surface area contributed by atoms with E-state index in [9.17, 15) is 9.59 Å². The fourth-order valence-corrected chi connectivity index (χ4v) is 2.84. The minimum absolute atomic E-state index is 0.0571. The number of nitrogens with one attached hydrogen (secondary N) is 1. The molecule has 2 rings (SSSR count). The number of hydrogen-bond donors (Lipinski definition) is 2. The lowest BCUT2D eigenvalue weighted by molar-refractivity contribution is -0.124. The van der Waals surface area contributed by atoms with E-state index in [4.69, 9.17) is 15.2 Å². The number of carbonyl (C=O) groups is 2. The third-order valence-electron chi connectivity index (χ3n) is 4.67. The summed E-state index contributed by atoms with van der Waals surface area (Å²) in [7, 11) is 1.80. The average Bonchev–Trinajstić information content (AvgIpc) is 3.06. The standard InChI is InChI=1S/C19H29N3O4/c1-11(2)8-15(20)19(24)21-13(4)22(5)12(3)18(23)14-6-7-16-17(9-14)26-10-25-16/h6-7,9,11-13,15H,8,10,20H2,1-5H3,(H,21,24)/t12-,13?,15?/m0/s1. The van der Waals surface area contributed by atoms with Crippen LogP contribution >= 0.6 is 0 Å². The van der Waals surface area contributed by atoms with Gasteiger partial charge in [0.25, 0.3) is 0 Å². The van der Waals surface area contributed by atoms with E-state index in [1.54, 1.807) is 25.2 Å². The highest BCUT2D eigenvalue weighted by molar-refractivity contribution is 6.00. The van der Waals surface area contributed by atoms with E-state index in [-0.39, 0.29) is 24.6 Å². The second-order valence-electron chi connectivity index (χ2n) is 7.19. The van der Waals surface area contributed by atoms with Crippen LogP contribution in [0, 0.1) is 5.92 Å². The van der Waals surface area contributed by atoms with Gasteiger partial charge < -0.3 is 20.5 Å². The molecule has 0 radical (unpaired) electrons. The SMILES string of the molecule is CC(C)CC(N)C(=O)NC(C)N(C)[C@@H](C)C(=O)c1ccc2c(c1)OCO2. The first-order valence-electron chi connectivity index (χ1n) is 8.92. The van der Waals surface area contributed by atoms with Gasteiger partial charge in [-0.3, -0.25) is 14.5 Å². The van der Waals surface area contributed by atoms with Gasteiger partial charge in [0, 0.05) is 5.56 Å². The third-order valence-corrected chi connectivity index (χ3v) is 4.67. The lowest BCUT2D eigenvalue weighted by Gasteiger charge is -2.31. The summed E-state index contributed by atoms with van der Waals surface area (Å²) in [5.41, 5.74) is 6.47. The van der Waals surface area contributed by atoms with Crippen LogP contribution in [0.2, 0.25) is 0 Å². The molecule has 0 bridgehead atoms. The Morgan fingerprint density at radius 2 is 1.85 bits per heavy atom. The van der Waals surface area contributed by atoms with Crippen molar-refractivity contribution in [2.45, 2.75) is 52.4 Å². The number of carbonyl (C=O) groups excluding carboxylic acids is 2. The molecule has 2 unspecified atom stereocenters. The molecule has 144 valence electrons. The van der Waals surface area contributed by atoms with E-state index < -0.39 is 12.1 Å². The monoisotopic (exact) mass is 363 g/mol. The van der Waals surface area contributed by atoms with Crippen molar-refractivity contribution in [3.8, 4) is 11.5 Å². The van der Waals surface area contributed by atoms with Crippen molar-refractivity contribution in [3.05, 3.63) is 23.8 Å². The zero-order valence-electron chi connectivity index (χ0n) is 16.1. The van der Waals surface area contributed by atoms with Gasteiger partial charge in [0.15, 0.2) is 17.3 Å². The molecule has 26 heavy (non-hydrogen) atoms. The molecule has 1 aromatic rings. The van der Waals surface area contributed by atoms with Gasteiger partial charge in [-0.15, -0.1) is 0 Å². The Morgan fingerprint density at radius 1 is 1.19 bits per heavy atom. The largest absolute Gasteiger partial charge is 0.454 e. The molecular formula is C19H29N3O4. The number of ether oxygens (including phenoxy) is 2. The molecule has 7 nitrogen and oxygen atoms in total. The predicted octanol–water partition coefficient (Wildman–Crippen LogP) is 1.75. The fraction of sp³-hybridized carbons (Fsp3) is 0.579. The van der Waals surface area contributed by atoms with E-state index in [1.807, 2.05) is 32.6 Å². The Balaban J connectivity index is 1.98. The number of hydrogen-bond acceptors (Lipinski definition) is 6.